The number of sulfonamides is 1. The predicted octanol–water partition coefficient (Wildman–Crippen LogP) is 2.52. The zero-order chi connectivity index (χ0) is 24.0. The largest absolute Gasteiger partial charge is 0.394 e. The topological polar surface area (TPSA) is 95.9 Å². The van der Waals surface area contributed by atoms with Gasteiger partial charge < -0.3 is 14.7 Å². The Hall–Kier alpha value is -2.52. The second-order valence-electron chi connectivity index (χ2n) is 8.96. The number of carbonyl (C=O) groups is 1. The number of hydrogen-bond donors (Lipinski definition) is 2. The summed E-state index contributed by atoms with van der Waals surface area (Å²) >= 11 is 0. The maximum atomic E-state index is 12.9. The molecule has 34 heavy (non-hydrogen) atoms. The summed E-state index contributed by atoms with van der Waals surface area (Å²) < 4.78 is 33.7. The fourth-order valence-corrected chi connectivity index (χ4v) is 5.83. The van der Waals surface area contributed by atoms with Crippen molar-refractivity contribution in [2.75, 3.05) is 19.7 Å². The van der Waals surface area contributed by atoms with Gasteiger partial charge in [0, 0.05) is 13.1 Å². The van der Waals surface area contributed by atoms with Crippen LogP contribution in [0.3, 0.4) is 0 Å². The first-order valence-corrected chi connectivity index (χ1v) is 13.3. The van der Waals surface area contributed by atoms with Crippen molar-refractivity contribution in [1.82, 2.24) is 9.62 Å². The first kappa shape index (κ1) is 24.6. The average molecular weight is 485 g/mol. The highest BCUT2D eigenvalue weighted by atomic mass is 32.2. The van der Waals surface area contributed by atoms with E-state index in [-0.39, 0.29) is 23.8 Å². The number of likely N-dealkylation sites (tertiary alicyclic amines) is 1. The number of benzene rings is 2. The molecule has 2 aromatic carbocycles. The van der Waals surface area contributed by atoms with E-state index in [1.54, 1.807) is 30.4 Å². The van der Waals surface area contributed by atoms with Gasteiger partial charge in [-0.05, 0) is 42.9 Å². The quantitative estimate of drug-likeness (QED) is 0.562. The van der Waals surface area contributed by atoms with Crippen molar-refractivity contribution in [3.05, 3.63) is 78.4 Å². The summed E-state index contributed by atoms with van der Waals surface area (Å²) in [4.78, 5) is 14.9. The Balaban J connectivity index is 1.29. The van der Waals surface area contributed by atoms with Crippen LogP contribution < -0.4 is 4.72 Å². The highest BCUT2D eigenvalue weighted by molar-refractivity contribution is 7.89. The molecule has 0 bridgehead atoms. The summed E-state index contributed by atoms with van der Waals surface area (Å²) in [6, 6.07) is 17.8. The second-order valence-corrected chi connectivity index (χ2v) is 10.7. The van der Waals surface area contributed by atoms with E-state index in [9.17, 15) is 18.3 Å². The molecule has 1 saturated heterocycles. The fraction of sp³-hybridized carbons (Fsp3) is 0.423. The van der Waals surface area contributed by atoms with E-state index in [0.29, 0.717) is 5.92 Å². The van der Waals surface area contributed by atoms with Gasteiger partial charge in [-0.2, -0.15) is 0 Å². The molecule has 8 heteroatoms. The Morgan fingerprint density at radius 2 is 1.65 bits per heavy atom. The highest BCUT2D eigenvalue weighted by Crippen LogP contribution is 2.24. The Morgan fingerprint density at radius 1 is 1.00 bits per heavy atom. The van der Waals surface area contributed by atoms with Crippen molar-refractivity contribution in [1.29, 1.82) is 0 Å². The number of amides is 1. The third kappa shape index (κ3) is 6.33. The molecule has 0 spiro atoms. The van der Waals surface area contributed by atoms with E-state index < -0.39 is 28.3 Å². The second kappa shape index (κ2) is 11.3. The highest BCUT2D eigenvalue weighted by Gasteiger charge is 2.32. The predicted molar refractivity (Wildman–Crippen MR) is 130 cm³/mol. The van der Waals surface area contributed by atoms with Crippen LogP contribution in [-0.2, 0) is 26.0 Å². The zero-order valence-electron chi connectivity index (χ0n) is 19.1. The summed E-state index contributed by atoms with van der Waals surface area (Å²) in [7, 11) is -3.76. The van der Waals surface area contributed by atoms with Gasteiger partial charge in [-0.3, -0.25) is 4.79 Å². The van der Waals surface area contributed by atoms with Crippen LogP contribution >= 0.6 is 0 Å². The summed E-state index contributed by atoms with van der Waals surface area (Å²) in [6.07, 6.45) is 5.29. The number of hydrogen-bond acceptors (Lipinski definition) is 5. The molecule has 0 saturated carbocycles. The first-order valence-electron chi connectivity index (χ1n) is 11.8. The van der Waals surface area contributed by atoms with Crippen molar-refractivity contribution < 1.29 is 23.1 Å². The fourth-order valence-electron chi connectivity index (χ4n) is 4.59. The number of nitrogens with zero attached hydrogens (tertiary/aromatic N) is 1. The van der Waals surface area contributed by atoms with Crippen molar-refractivity contribution >= 4 is 15.9 Å². The molecule has 0 radical (unpaired) electrons. The van der Waals surface area contributed by atoms with Gasteiger partial charge in [0.1, 0.15) is 6.10 Å². The first-order chi connectivity index (χ1) is 16.4. The number of piperidine rings is 1. The van der Waals surface area contributed by atoms with Crippen molar-refractivity contribution in [2.45, 2.75) is 48.8 Å². The van der Waals surface area contributed by atoms with Crippen molar-refractivity contribution in [3.63, 3.8) is 0 Å². The van der Waals surface area contributed by atoms with E-state index in [1.165, 1.54) is 17.7 Å². The van der Waals surface area contributed by atoms with Gasteiger partial charge in [0.2, 0.25) is 15.9 Å². The van der Waals surface area contributed by atoms with Gasteiger partial charge in [0.25, 0.3) is 0 Å². The van der Waals surface area contributed by atoms with Gasteiger partial charge in [-0.25, -0.2) is 13.1 Å². The molecule has 2 aliphatic heterocycles. The van der Waals surface area contributed by atoms with Crippen molar-refractivity contribution in [2.24, 2.45) is 5.92 Å². The molecule has 2 heterocycles. The van der Waals surface area contributed by atoms with Crippen LogP contribution in [0.2, 0.25) is 0 Å². The minimum absolute atomic E-state index is 0.0211. The summed E-state index contributed by atoms with van der Waals surface area (Å²) in [5, 5.41) is 9.79. The van der Waals surface area contributed by atoms with Crippen LogP contribution in [0.25, 0.3) is 0 Å². The van der Waals surface area contributed by atoms with Crippen LogP contribution in [-0.4, -0.2) is 62.3 Å². The average Bonchev–Trinajstić information content (AvgIpc) is 2.86. The molecule has 2 aromatic rings. The third-order valence-corrected chi connectivity index (χ3v) is 7.99. The van der Waals surface area contributed by atoms with Crippen LogP contribution in [0.4, 0.5) is 0 Å². The van der Waals surface area contributed by atoms with Crippen molar-refractivity contribution in [3.8, 4) is 0 Å². The lowest BCUT2D eigenvalue weighted by molar-refractivity contribution is -0.136. The molecular weight excluding hydrogens is 452 g/mol. The molecule has 1 fully saturated rings. The molecule has 1 amide bonds. The minimum Gasteiger partial charge on any atom is -0.394 e. The standard InChI is InChI=1S/C26H32N2O5S/c29-19-25-24(27-34(31,32)23-9-5-2-6-10-23)12-11-22(33-25)18-26(30)28-15-13-21(14-16-28)17-20-7-3-1-4-8-20/h1-12,21-22,24-25,27,29H,13-19H2/t22-,24+,25-/m0/s1. The zero-order valence-corrected chi connectivity index (χ0v) is 19.9. The Bertz CT molecular complexity index is 1070. The number of nitrogens with one attached hydrogen (secondary N) is 1. The SMILES string of the molecule is O=C(C[C@@H]1C=C[C@@H](NS(=O)(=O)c2ccccc2)[C@H](CO)O1)N1CCC(Cc2ccccc2)CC1. The molecule has 2 N–H and O–H groups in total. The smallest absolute Gasteiger partial charge is 0.241 e. The van der Waals surface area contributed by atoms with Crippen LogP contribution in [0.15, 0.2) is 77.7 Å². The van der Waals surface area contributed by atoms with E-state index in [4.69, 9.17) is 4.74 Å². The Morgan fingerprint density at radius 3 is 2.29 bits per heavy atom. The van der Waals surface area contributed by atoms with Gasteiger partial charge in [-0.15, -0.1) is 0 Å². The maximum Gasteiger partial charge on any atom is 0.241 e. The molecule has 0 aliphatic carbocycles. The monoisotopic (exact) mass is 484 g/mol. The lowest BCUT2D eigenvalue weighted by atomic mass is 9.90. The molecular formula is C26H32N2O5S. The number of ether oxygens (including phenoxy) is 1. The maximum absolute atomic E-state index is 12.9. The summed E-state index contributed by atoms with van der Waals surface area (Å²) in [5.74, 6) is 0.599. The summed E-state index contributed by atoms with van der Waals surface area (Å²) in [6.45, 7) is 1.10. The van der Waals surface area contributed by atoms with Gasteiger partial charge >= 0.3 is 0 Å². The molecule has 182 valence electrons. The minimum atomic E-state index is -3.76. The van der Waals surface area contributed by atoms with Crippen LogP contribution in [0.1, 0.15) is 24.8 Å². The molecule has 3 atom stereocenters. The van der Waals surface area contributed by atoms with E-state index >= 15 is 0 Å². The number of carbonyl (C=O) groups excluding carboxylic acids is 1. The molecule has 4 rings (SSSR count). The van der Waals surface area contributed by atoms with Crippen LogP contribution in [0.5, 0.6) is 0 Å². The summed E-state index contributed by atoms with van der Waals surface area (Å²) in [5.41, 5.74) is 1.33. The lowest BCUT2D eigenvalue weighted by Gasteiger charge is -2.35. The lowest BCUT2D eigenvalue weighted by Crippen LogP contribution is -2.49. The van der Waals surface area contributed by atoms with E-state index in [1.807, 2.05) is 11.0 Å². The third-order valence-electron chi connectivity index (χ3n) is 6.52. The Labute approximate surface area is 201 Å². The Kier molecular flexibility index (Phi) is 8.15. The van der Waals surface area contributed by atoms with Gasteiger partial charge in [0.15, 0.2) is 0 Å². The molecule has 0 unspecified atom stereocenters. The van der Waals surface area contributed by atoms with E-state index in [2.05, 4.69) is 29.0 Å². The molecule has 7 nitrogen and oxygen atoms in total. The number of aliphatic hydroxyl groups excluding tert-OH is 1. The molecule has 0 aromatic heterocycles. The van der Waals surface area contributed by atoms with E-state index in [0.717, 1.165) is 32.4 Å². The number of aliphatic hydroxyl groups is 1. The van der Waals surface area contributed by atoms with Gasteiger partial charge in [-0.1, -0.05) is 60.7 Å². The van der Waals surface area contributed by atoms with Gasteiger partial charge in [0.05, 0.1) is 30.1 Å². The number of rotatable bonds is 8. The normalized spacial score (nSPS) is 23.7. The van der Waals surface area contributed by atoms with Crippen LogP contribution in [0, 0.1) is 5.92 Å². The molecule has 2 aliphatic rings.